The molecular formula is C18H23NO2. The van der Waals surface area contributed by atoms with Gasteiger partial charge in [-0.2, -0.15) is 0 Å². The number of benzene rings is 2. The van der Waals surface area contributed by atoms with Crippen molar-refractivity contribution in [1.29, 1.82) is 0 Å². The van der Waals surface area contributed by atoms with Crippen LogP contribution in [0.25, 0.3) is 0 Å². The van der Waals surface area contributed by atoms with Crippen molar-refractivity contribution in [2.75, 3.05) is 7.11 Å². The predicted octanol–water partition coefficient (Wildman–Crippen LogP) is 3.84. The number of hydrogen-bond acceptors (Lipinski definition) is 3. The van der Waals surface area contributed by atoms with Crippen LogP contribution >= 0.6 is 0 Å². The van der Waals surface area contributed by atoms with Crippen molar-refractivity contribution in [2.45, 2.75) is 32.9 Å². The molecule has 1 atom stereocenters. The zero-order valence-electron chi connectivity index (χ0n) is 13.1. The standard InChI is InChI=1S/C18H23NO2/c1-12(2)21-16-7-5-6-14(11-16)18(19)15-8-9-17(20-4)13(3)10-15/h5-12,18H,19H2,1-4H3. The molecule has 0 aromatic heterocycles. The van der Waals surface area contributed by atoms with Gasteiger partial charge in [0.05, 0.1) is 19.3 Å². The van der Waals surface area contributed by atoms with Gasteiger partial charge in [-0.15, -0.1) is 0 Å². The van der Waals surface area contributed by atoms with Crippen molar-refractivity contribution in [1.82, 2.24) is 0 Å². The van der Waals surface area contributed by atoms with E-state index in [9.17, 15) is 0 Å². The van der Waals surface area contributed by atoms with Crippen LogP contribution in [0.1, 0.15) is 36.6 Å². The van der Waals surface area contributed by atoms with Crippen LogP contribution in [0, 0.1) is 6.92 Å². The van der Waals surface area contributed by atoms with Crippen LogP contribution in [0.5, 0.6) is 11.5 Å². The van der Waals surface area contributed by atoms with Crippen molar-refractivity contribution in [3.8, 4) is 11.5 Å². The molecule has 0 saturated heterocycles. The summed E-state index contributed by atoms with van der Waals surface area (Å²) in [5, 5.41) is 0. The number of ether oxygens (including phenoxy) is 2. The lowest BCUT2D eigenvalue weighted by Gasteiger charge is -2.16. The first kappa shape index (κ1) is 15.4. The third-order valence-electron chi connectivity index (χ3n) is 3.37. The van der Waals surface area contributed by atoms with Gasteiger partial charge in [-0.25, -0.2) is 0 Å². The molecule has 0 aliphatic heterocycles. The van der Waals surface area contributed by atoms with Gasteiger partial charge >= 0.3 is 0 Å². The summed E-state index contributed by atoms with van der Waals surface area (Å²) in [7, 11) is 1.68. The molecule has 21 heavy (non-hydrogen) atoms. The van der Waals surface area contributed by atoms with Crippen LogP contribution in [0.2, 0.25) is 0 Å². The van der Waals surface area contributed by atoms with Crippen LogP contribution < -0.4 is 15.2 Å². The molecule has 2 N–H and O–H groups in total. The second-order valence-electron chi connectivity index (χ2n) is 5.45. The molecule has 0 amide bonds. The monoisotopic (exact) mass is 285 g/mol. The molecule has 0 aliphatic rings. The highest BCUT2D eigenvalue weighted by molar-refractivity contribution is 5.42. The third kappa shape index (κ3) is 3.76. The molecule has 1 unspecified atom stereocenters. The Bertz CT molecular complexity index is 608. The second-order valence-corrected chi connectivity index (χ2v) is 5.45. The summed E-state index contributed by atoms with van der Waals surface area (Å²) in [5.41, 5.74) is 9.57. The first-order chi connectivity index (χ1) is 10.0. The Labute approximate surface area is 126 Å². The molecular weight excluding hydrogens is 262 g/mol. The van der Waals surface area contributed by atoms with E-state index in [2.05, 4.69) is 6.07 Å². The van der Waals surface area contributed by atoms with Crippen molar-refractivity contribution in [3.63, 3.8) is 0 Å². The van der Waals surface area contributed by atoms with Gasteiger partial charge in [-0.3, -0.25) is 0 Å². The lowest BCUT2D eigenvalue weighted by Crippen LogP contribution is -2.13. The van der Waals surface area contributed by atoms with E-state index in [-0.39, 0.29) is 12.1 Å². The zero-order valence-corrected chi connectivity index (χ0v) is 13.1. The molecule has 2 aromatic rings. The number of rotatable bonds is 5. The molecule has 2 aromatic carbocycles. The lowest BCUT2D eigenvalue weighted by atomic mass is 9.97. The van der Waals surface area contributed by atoms with Gasteiger partial charge in [0.2, 0.25) is 0 Å². The molecule has 0 spiro atoms. The van der Waals surface area contributed by atoms with E-state index in [1.165, 1.54) is 0 Å². The van der Waals surface area contributed by atoms with Gasteiger partial charge in [0, 0.05) is 0 Å². The van der Waals surface area contributed by atoms with Crippen LogP contribution in [0.15, 0.2) is 42.5 Å². The van der Waals surface area contributed by atoms with Gasteiger partial charge < -0.3 is 15.2 Å². The lowest BCUT2D eigenvalue weighted by molar-refractivity contribution is 0.242. The van der Waals surface area contributed by atoms with Crippen LogP contribution in [0.3, 0.4) is 0 Å². The fourth-order valence-electron chi connectivity index (χ4n) is 2.34. The summed E-state index contributed by atoms with van der Waals surface area (Å²) < 4.78 is 11.0. The van der Waals surface area contributed by atoms with E-state index >= 15 is 0 Å². The Morgan fingerprint density at radius 1 is 1.00 bits per heavy atom. The van der Waals surface area contributed by atoms with Crippen molar-refractivity contribution >= 4 is 0 Å². The topological polar surface area (TPSA) is 44.5 Å². The Balaban J connectivity index is 2.27. The Kier molecular flexibility index (Phi) is 4.86. The number of methoxy groups -OCH3 is 1. The first-order valence-corrected chi connectivity index (χ1v) is 7.18. The highest BCUT2D eigenvalue weighted by atomic mass is 16.5. The summed E-state index contributed by atoms with van der Waals surface area (Å²) in [4.78, 5) is 0. The maximum Gasteiger partial charge on any atom is 0.121 e. The number of hydrogen-bond donors (Lipinski definition) is 1. The minimum absolute atomic E-state index is 0.153. The van der Waals surface area contributed by atoms with E-state index < -0.39 is 0 Å². The van der Waals surface area contributed by atoms with Crippen LogP contribution in [0.4, 0.5) is 0 Å². The van der Waals surface area contributed by atoms with E-state index in [1.807, 2.05) is 57.2 Å². The molecule has 3 heteroatoms. The first-order valence-electron chi connectivity index (χ1n) is 7.18. The third-order valence-corrected chi connectivity index (χ3v) is 3.37. The maximum absolute atomic E-state index is 6.38. The average molecular weight is 285 g/mol. The highest BCUT2D eigenvalue weighted by Crippen LogP contribution is 2.27. The molecule has 3 nitrogen and oxygen atoms in total. The highest BCUT2D eigenvalue weighted by Gasteiger charge is 2.11. The summed E-state index contributed by atoms with van der Waals surface area (Å²) >= 11 is 0. The summed E-state index contributed by atoms with van der Waals surface area (Å²) in [5.74, 6) is 1.73. The average Bonchev–Trinajstić information content (AvgIpc) is 2.46. The Hall–Kier alpha value is -2.00. The molecule has 2 rings (SSSR count). The van der Waals surface area contributed by atoms with Crippen molar-refractivity contribution in [3.05, 3.63) is 59.2 Å². The Morgan fingerprint density at radius 2 is 1.71 bits per heavy atom. The van der Waals surface area contributed by atoms with E-state index in [0.29, 0.717) is 0 Å². The van der Waals surface area contributed by atoms with E-state index in [4.69, 9.17) is 15.2 Å². The van der Waals surface area contributed by atoms with E-state index in [1.54, 1.807) is 7.11 Å². The fourth-order valence-corrected chi connectivity index (χ4v) is 2.34. The van der Waals surface area contributed by atoms with Crippen molar-refractivity contribution < 1.29 is 9.47 Å². The van der Waals surface area contributed by atoms with Gasteiger partial charge in [0.25, 0.3) is 0 Å². The predicted molar refractivity (Wildman–Crippen MR) is 86.0 cm³/mol. The summed E-state index contributed by atoms with van der Waals surface area (Å²) in [6.07, 6.45) is 0.153. The van der Waals surface area contributed by atoms with Gasteiger partial charge in [-0.1, -0.05) is 24.3 Å². The SMILES string of the molecule is COc1ccc(C(N)c2cccc(OC(C)C)c2)cc1C. The normalized spacial score (nSPS) is 12.3. The molecule has 0 heterocycles. The second kappa shape index (κ2) is 6.64. The maximum atomic E-state index is 6.38. The van der Waals surface area contributed by atoms with Crippen LogP contribution in [-0.4, -0.2) is 13.2 Å². The molecule has 0 bridgehead atoms. The molecule has 0 fully saturated rings. The summed E-state index contributed by atoms with van der Waals surface area (Å²) in [6.45, 7) is 6.05. The molecule has 0 aliphatic carbocycles. The largest absolute Gasteiger partial charge is 0.496 e. The van der Waals surface area contributed by atoms with Crippen molar-refractivity contribution in [2.24, 2.45) is 5.73 Å². The van der Waals surface area contributed by atoms with E-state index in [0.717, 1.165) is 28.2 Å². The quantitative estimate of drug-likeness (QED) is 0.907. The Morgan fingerprint density at radius 3 is 2.33 bits per heavy atom. The summed E-state index contributed by atoms with van der Waals surface area (Å²) in [6, 6.07) is 13.8. The van der Waals surface area contributed by atoms with Gasteiger partial charge in [0.1, 0.15) is 11.5 Å². The molecule has 112 valence electrons. The number of nitrogens with two attached hydrogens (primary N) is 1. The molecule has 0 radical (unpaired) electrons. The van der Waals surface area contributed by atoms with Gasteiger partial charge in [0.15, 0.2) is 0 Å². The zero-order chi connectivity index (χ0) is 15.4. The number of aryl methyl sites for hydroxylation is 1. The fraction of sp³-hybridized carbons (Fsp3) is 0.333. The smallest absolute Gasteiger partial charge is 0.121 e. The minimum Gasteiger partial charge on any atom is -0.496 e. The minimum atomic E-state index is -0.176. The molecule has 0 saturated carbocycles. The van der Waals surface area contributed by atoms with Crippen LogP contribution in [-0.2, 0) is 0 Å². The van der Waals surface area contributed by atoms with Gasteiger partial charge in [-0.05, 0) is 55.7 Å².